The van der Waals surface area contributed by atoms with Gasteiger partial charge in [0.15, 0.2) is 23.0 Å². The molecule has 0 saturated carbocycles. The van der Waals surface area contributed by atoms with E-state index < -0.39 is 23.5 Å². The molecule has 0 spiro atoms. The van der Waals surface area contributed by atoms with Crippen LogP contribution >= 0.6 is 0 Å². The van der Waals surface area contributed by atoms with Crippen LogP contribution in [0.3, 0.4) is 0 Å². The Morgan fingerprint density at radius 3 is 2.51 bits per heavy atom. The summed E-state index contributed by atoms with van der Waals surface area (Å²) in [5.41, 5.74) is 1.53. The molecular weight excluding hydrogens is 474 g/mol. The van der Waals surface area contributed by atoms with Crippen molar-refractivity contribution in [2.45, 2.75) is 26.0 Å². The van der Waals surface area contributed by atoms with E-state index in [2.05, 4.69) is 0 Å². The molecule has 0 aliphatic carbocycles. The minimum absolute atomic E-state index is 0.0156. The SMILES string of the molecule is CC(C)Oc1ccc(C2C(C(=O)c3cc4ccccc4o3)=C(O)C(=O)N2c2ccc3c(c2)OCO3)cc1. The summed E-state index contributed by atoms with van der Waals surface area (Å²) in [5.74, 6) is -0.192. The van der Waals surface area contributed by atoms with Gasteiger partial charge in [0.05, 0.1) is 17.7 Å². The molecule has 37 heavy (non-hydrogen) atoms. The zero-order valence-corrected chi connectivity index (χ0v) is 20.1. The number of ketones is 1. The van der Waals surface area contributed by atoms with Crippen LogP contribution in [0.15, 0.2) is 88.5 Å². The van der Waals surface area contributed by atoms with Gasteiger partial charge < -0.3 is 23.7 Å². The molecule has 3 heterocycles. The van der Waals surface area contributed by atoms with E-state index in [1.54, 1.807) is 60.7 Å². The Hall–Kier alpha value is -4.72. The van der Waals surface area contributed by atoms with Crippen molar-refractivity contribution in [2.24, 2.45) is 0 Å². The van der Waals surface area contributed by atoms with Gasteiger partial charge in [0, 0.05) is 17.1 Å². The van der Waals surface area contributed by atoms with E-state index >= 15 is 0 Å². The summed E-state index contributed by atoms with van der Waals surface area (Å²) in [6, 6.07) is 20.1. The van der Waals surface area contributed by atoms with Crippen molar-refractivity contribution in [2.75, 3.05) is 11.7 Å². The van der Waals surface area contributed by atoms with E-state index in [1.807, 2.05) is 26.0 Å². The van der Waals surface area contributed by atoms with E-state index in [0.717, 1.165) is 5.39 Å². The van der Waals surface area contributed by atoms with Gasteiger partial charge in [0.1, 0.15) is 11.3 Å². The van der Waals surface area contributed by atoms with Crippen LogP contribution in [0.4, 0.5) is 5.69 Å². The van der Waals surface area contributed by atoms with Crippen LogP contribution < -0.4 is 19.1 Å². The van der Waals surface area contributed by atoms with Crippen molar-refractivity contribution in [1.82, 2.24) is 0 Å². The second kappa shape index (κ2) is 8.74. The van der Waals surface area contributed by atoms with Gasteiger partial charge in [-0.05, 0) is 55.8 Å². The van der Waals surface area contributed by atoms with Gasteiger partial charge in [0.2, 0.25) is 12.6 Å². The van der Waals surface area contributed by atoms with E-state index in [9.17, 15) is 14.7 Å². The third-order valence-electron chi connectivity index (χ3n) is 6.30. The molecule has 2 aliphatic rings. The van der Waals surface area contributed by atoms with Gasteiger partial charge in [-0.15, -0.1) is 0 Å². The number of furan rings is 1. The van der Waals surface area contributed by atoms with E-state index in [1.165, 1.54) is 4.90 Å². The van der Waals surface area contributed by atoms with E-state index in [4.69, 9.17) is 18.6 Å². The number of amides is 1. The number of Topliss-reactive ketones (excluding diaryl/α,β-unsaturated/α-hetero) is 1. The van der Waals surface area contributed by atoms with Crippen molar-refractivity contribution in [3.05, 3.63) is 95.5 Å². The van der Waals surface area contributed by atoms with Crippen LogP contribution in [0, 0.1) is 0 Å². The van der Waals surface area contributed by atoms with Crippen LogP contribution in [0.2, 0.25) is 0 Å². The maximum absolute atomic E-state index is 13.8. The molecule has 6 rings (SSSR count). The first-order valence-electron chi connectivity index (χ1n) is 11.9. The molecular formula is C29H23NO7. The van der Waals surface area contributed by atoms with Gasteiger partial charge in [-0.2, -0.15) is 0 Å². The first-order chi connectivity index (χ1) is 17.9. The Bertz CT molecular complexity index is 1530. The molecule has 0 fully saturated rings. The number of carbonyl (C=O) groups excluding carboxylic acids is 2. The molecule has 1 atom stereocenters. The fourth-order valence-corrected chi connectivity index (χ4v) is 4.68. The maximum Gasteiger partial charge on any atom is 0.294 e. The van der Waals surface area contributed by atoms with Crippen LogP contribution in [0.1, 0.15) is 36.0 Å². The summed E-state index contributed by atoms with van der Waals surface area (Å²) in [4.78, 5) is 28.6. The third kappa shape index (κ3) is 3.87. The van der Waals surface area contributed by atoms with Crippen molar-refractivity contribution in [3.63, 3.8) is 0 Å². The molecule has 2 aliphatic heterocycles. The highest BCUT2D eigenvalue weighted by molar-refractivity contribution is 6.20. The fraction of sp³-hybridized carbons (Fsp3) is 0.172. The van der Waals surface area contributed by atoms with Crippen molar-refractivity contribution in [3.8, 4) is 17.2 Å². The molecule has 186 valence electrons. The minimum Gasteiger partial charge on any atom is -0.503 e. The molecule has 1 unspecified atom stereocenters. The smallest absolute Gasteiger partial charge is 0.294 e. The Labute approximate surface area is 212 Å². The number of nitrogens with zero attached hydrogens (tertiary/aromatic N) is 1. The number of hydrogen-bond donors (Lipinski definition) is 1. The lowest BCUT2D eigenvalue weighted by Crippen LogP contribution is -2.31. The number of aliphatic hydroxyl groups excluding tert-OH is 1. The summed E-state index contributed by atoms with van der Waals surface area (Å²) < 4.78 is 22.4. The van der Waals surface area contributed by atoms with Crippen LogP contribution in [0.25, 0.3) is 11.0 Å². The second-order valence-corrected chi connectivity index (χ2v) is 9.09. The van der Waals surface area contributed by atoms with Gasteiger partial charge in [0.25, 0.3) is 5.91 Å². The van der Waals surface area contributed by atoms with Crippen molar-refractivity contribution >= 4 is 28.3 Å². The van der Waals surface area contributed by atoms with Gasteiger partial charge >= 0.3 is 0 Å². The minimum atomic E-state index is -0.915. The van der Waals surface area contributed by atoms with Gasteiger partial charge in [-0.25, -0.2) is 0 Å². The summed E-state index contributed by atoms with van der Waals surface area (Å²) in [6.07, 6.45) is -0.0156. The number of para-hydroxylation sites is 1. The number of carbonyl (C=O) groups is 2. The lowest BCUT2D eigenvalue weighted by atomic mass is 9.94. The topological polar surface area (TPSA) is 98.4 Å². The molecule has 3 aromatic carbocycles. The van der Waals surface area contributed by atoms with Gasteiger partial charge in [-0.3, -0.25) is 14.5 Å². The van der Waals surface area contributed by atoms with Crippen LogP contribution in [-0.2, 0) is 4.79 Å². The number of benzene rings is 3. The zero-order valence-electron chi connectivity index (χ0n) is 20.1. The predicted molar refractivity (Wildman–Crippen MR) is 135 cm³/mol. The molecule has 0 saturated heterocycles. The van der Waals surface area contributed by atoms with Crippen LogP contribution in [0.5, 0.6) is 17.2 Å². The zero-order chi connectivity index (χ0) is 25.7. The maximum atomic E-state index is 13.8. The quantitative estimate of drug-likeness (QED) is 0.340. The monoisotopic (exact) mass is 497 g/mol. The standard InChI is InChI=1S/C29H23NO7/c1-16(2)36-20-10-7-17(8-11-20)26-25(27(31)24-13-18-5-3-4-6-21(18)37-24)28(32)29(33)30(26)19-9-12-22-23(14-19)35-15-34-22/h3-14,16,26,32H,15H2,1-2H3. The molecule has 1 aromatic heterocycles. The summed E-state index contributed by atoms with van der Waals surface area (Å²) in [6.45, 7) is 3.93. The number of rotatable bonds is 6. The number of fused-ring (bicyclic) bond motifs is 2. The van der Waals surface area contributed by atoms with Crippen LogP contribution in [-0.4, -0.2) is 29.7 Å². The molecule has 1 N–H and O–H groups in total. The Balaban J connectivity index is 1.46. The first kappa shape index (κ1) is 22.7. The lowest BCUT2D eigenvalue weighted by Gasteiger charge is -2.27. The molecule has 1 amide bonds. The number of hydrogen-bond acceptors (Lipinski definition) is 7. The lowest BCUT2D eigenvalue weighted by molar-refractivity contribution is -0.117. The van der Waals surface area contributed by atoms with Gasteiger partial charge in [-0.1, -0.05) is 30.3 Å². The summed E-state index contributed by atoms with van der Waals surface area (Å²) >= 11 is 0. The molecule has 8 heteroatoms. The highest BCUT2D eigenvalue weighted by Crippen LogP contribution is 2.45. The third-order valence-corrected chi connectivity index (χ3v) is 6.30. The molecule has 8 nitrogen and oxygen atoms in total. The molecule has 0 radical (unpaired) electrons. The summed E-state index contributed by atoms with van der Waals surface area (Å²) in [5, 5.41) is 11.8. The Morgan fingerprint density at radius 2 is 1.76 bits per heavy atom. The normalized spacial score (nSPS) is 16.8. The Morgan fingerprint density at radius 1 is 1.00 bits per heavy atom. The summed E-state index contributed by atoms with van der Waals surface area (Å²) in [7, 11) is 0. The predicted octanol–water partition coefficient (Wildman–Crippen LogP) is 5.73. The molecule has 4 aromatic rings. The van der Waals surface area contributed by atoms with E-state index in [0.29, 0.717) is 34.1 Å². The van der Waals surface area contributed by atoms with E-state index in [-0.39, 0.29) is 24.2 Å². The van der Waals surface area contributed by atoms with Crippen molar-refractivity contribution < 1.29 is 33.3 Å². The Kier molecular flexibility index (Phi) is 5.37. The number of aliphatic hydroxyl groups is 1. The molecule has 0 bridgehead atoms. The average molecular weight is 498 g/mol. The average Bonchev–Trinajstić information content (AvgIpc) is 3.60. The highest BCUT2D eigenvalue weighted by atomic mass is 16.7. The fourth-order valence-electron chi connectivity index (χ4n) is 4.68. The second-order valence-electron chi connectivity index (χ2n) is 9.09. The van der Waals surface area contributed by atoms with Crippen molar-refractivity contribution in [1.29, 1.82) is 0 Å². The first-order valence-corrected chi connectivity index (χ1v) is 11.9. The largest absolute Gasteiger partial charge is 0.503 e. The number of ether oxygens (including phenoxy) is 3. The highest BCUT2D eigenvalue weighted by Gasteiger charge is 2.45. The number of anilines is 1.